The van der Waals surface area contributed by atoms with Gasteiger partial charge in [0.1, 0.15) is 5.75 Å². The summed E-state index contributed by atoms with van der Waals surface area (Å²) in [5, 5.41) is 8.43. The summed E-state index contributed by atoms with van der Waals surface area (Å²) >= 11 is 0. The van der Waals surface area contributed by atoms with Crippen molar-refractivity contribution >= 4 is 18.0 Å². The van der Waals surface area contributed by atoms with Gasteiger partial charge in [-0.25, -0.2) is 9.59 Å². The van der Waals surface area contributed by atoms with Crippen molar-refractivity contribution in [2.45, 2.75) is 18.0 Å². The molecule has 0 aliphatic heterocycles. The van der Waals surface area contributed by atoms with Gasteiger partial charge in [-0.15, -0.1) is 0 Å². The monoisotopic (exact) mass is 360 g/mol. The standard InChI is InChI=1S/C13H7F7O4/c14-11(15,12(16,17)13(18,19)20)10(23)24-8-4-2-1-3-7(8)5-6-9(21)22/h1-6H,(H,21,22)/b6-5+. The molecule has 0 saturated carbocycles. The lowest BCUT2D eigenvalue weighted by molar-refractivity contribution is -0.346. The Balaban J connectivity index is 3.14. The lowest BCUT2D eigenvalue weighted by Gasteiger charge is -2.26. The highest BCUT2D eigenvalue weighted by molar-refractivity contribution is 5.87. The van der Waals surface area contributed by atoms with Crippen molar-refractivity contribution in [3.05, 3.63) is 35.9 Å². The fourth-order valence-electron chi connectivity index (χ4n) is 1.34. The Morgan fingerprint density at radius 2 is 1.54 bits per heavy atom. The summed E-state index contributed by atoms with van der Waals surface area (Å²) in [5.74, 6) is -18.3. The van der Waals surface area contributed by atoms with Crippen molar-refractivity contribution in [2.75, 3.05) is 0 Å². The molecule has 0 unspecified atom stereocenters. The highest BCUT2D eigenvalue weighted by atomic mass is 19.4. The lowest BCUT2D eigenvalue weighted by Crippen LogP contribution is -2.57. The summed E-state index contributed by atoms with van der Waals surface area (Å²) in [6.45, 7) is 0. The van der Waals surface area contributed by atoms with Crippen LogP contribution in [0.15, 0.2) is 30.3 Å². The summed E-state index contributed by atoms with van der Waals surface area (Å²) in [4.78, 5) is 21.5. The second-order valence-corrected chi connectivity index (χ2v) is 4.25. The molecular formula is C13H7F7O4. The van der Waals surface area contributed by atoms with Gasteiger partial charge >= 0.3 is 30.0 Å². The molecule has 0 atom stereocenters. The lowest BCUT2D eigenvalue weighted by atomic mass is 10.1. The molecule has 4 nitrogen and oxygen atoms in total. The van der Waals surface area contributed by atoms with Crippen LogP contribution >= 0.6 is 0 Å². The topological polar surface area (TPSA) is 63.6 Å². The van der Waals surface area contributed by atoms with Crippen molar-refractivity contribution in [3.63, 3.8) is 0 Å². The number of carboxylic acid groups (broad SMARTS) is 1. The second-order valence-electron chi connectivity index (χ2n) is 4.25. The summed E-state index contributed by atoms with van der Waals surface area (Å²) in [7, 11) is 0. The minimum atomic E-state index is -6.68. The van der Waals surface area contributed by atoms with Crippen LogP contribution in [0.1, 0.15) is 5.56 Å². The Kier molecular flexibility index (Phi) is 5.26. The first kappa shape index (κ1) is 19.5. The molecule has 0 spiro atoms. The average molecular weight is 360 g/mol. The number of esters is 1. The molecule has 0 saturated heterocycles. The maximum Gasteiger partial charge on any atom is 0.460 e. The van der Waals surface area contributed by atoms with E-state index < -0.39 is 35.7 Å². The minimum absolute atomic E-state index is 0.306. The van der Waals surface area contributed by atoms with E-state index in [0.717, 1.165) is 24.3 Å². The molecule has 11 heteroatoms. The number of para-hydroxylation sites is 1. The van der Waals surface area contributed by atoms with Crippen LogP contribution in [0, 0.1) is 0 Å². The number of alkyl halides is 7. The Bertz CT molecular complexity index is 665. The van der Waals surface area contributed by atoms with Crippen LogP contribution in [0.2, 0.25) is 0 Å². The van der Waals surface area contributed by atoms with E-state index >= 15 is 0 Å². The van der Waals surface area contributed by atoms with Gasteiger partial charge in [0.15, 0.2) is 0 Å². The molecule has 0 aliphatic rings. The van der Waals surface area contributed by atoms with Gasteiger partial charge < -0.3 is 9.84 Å². The molecule has 24 heavy (non-hydrogen) atoms. The van der Waals surface area contributed by atoms with Crippen LogP contribution in [-0.4, -0.2) is 35.1 Å². The van der Waals surface area contributed by atoms with Gasteiger partial charge in [-0.05, 0) is 12.1 Å². The fourth-order valence-corrected chi connectivity index (χ4v) is 1.34. The molecule has 0 heterocycles. The quantitative estimate of drug-likeness (QED) is 0.378. The highest BCUT2D eigenvalue weighted by Gasteiger charge is 2.77. The molecule has 132 valence electrons. The number of hydrogen-bond acceptors (Lipinski definition) is 3. The van der Waals surface area contributed by atoms with E-state index in [1.54, 1.807) is 0 Å². The zero-order valence-electron chi connectivity index (χ0n) is 11.3. The molecule has 1 N–H and O–H groups in total. The zero-order valence-corrected chi connectivity index (χ0v) is 11.3. The van der Waals surface area contributed by atoms with E-state index in [0.29, 0.717) is 6.08 Å². The number of halogens is 7. The number of benzene rings is 1. The third-order valence-corrected chi connectivity index (χ3v) is 2.53. The van der Waals surface area contributed by atoms with Gasteiger partial charge in [-0.3, -0.25) is 0 Å². The molecule has 0 aromatic heterocycles. The van der Waals surface area contributed by atoms with Crippen LogP contribution in [0.5, 0.6) is 5.75 Å². The number of ether oxygens (including phenoxy) is 1. The molecule has 1 aromatic carbocycles. The molecule has 0 aliphatic carbocycles. The molecule has 1 aromatic rings. The number of aliphatic carboxylic acids is 1. The van der Waals surface area contributed by atoms with Gasteiger partial charge in [0.05, 0.1) is 0 Å². The predicted octanol–water partition coefficient (Wildman–Crippen LogP) is 3.52. The molecule has 0 amide bonds. The first-order chi connectivity index (χ1) is 10.8. The molecule has 0 bridgehead atoms. The minimum Gasteiger partial charge on any atom is -0.478 e. The maximum atomic E-state index is 13.2. The Morgan fingerprint density at radius 3 is 2.04 bits per heavy atom. The van der Waals surface area contributed by atoms with E-state index in [-0.39, 0.29) is 5.56 Å². The first-order valence-electron chi connectivity index (χ1n) is 5.85. The van der Waals surface area contributed by atoms with Crippen molar-refractivity contribution in [1.29, 1.82) is 0 Å². The van der Waals surface area contributed by atoms with E-state index in [1.807, 2.05) is 0 Å². The second kappa shape index (κ2) is 6.49. The van der Waals surface area contributed by atoms with Gasteiger partial charge in [0, 0.05) is 11.6 Å². The normalized spacial score (nSPS) is 13.1. The zero-order chi connectivity index (χ0) is 18.8. The van der Waals surface area contributed by atoms with Gasteiger partial charge in [-0.1, -0.05) is 18.2 Å². The van der Waals surface area contributed by atoms with Crippen molar-refractivity contribution in [1.82, 2.24) is 0 Å². The smallest absolute Gasteiger partial charge is 0.460 e. The number of carboxylic acids is 1. The van der Waals surface area contributed by atoms with Gasteiger partial charge in [0.2, 0.25) is 0 Å². The van der Waals surface area contributed by atoms with Crippen molar-refractivity contribution in [2.24, 2.45) is 0 Å². The van der Waals surface area contributed by atoms with Gasteiger partial charge in [0.25, 0.3) is 0 Å². The summed E-state index contributed by atoms with van der Waals surface area (Å²) in [6.07, 6.45) is -5.40. The Labute approximate surface area is 129 Å². The SMILES string of the molecule is O=C(O)/C=C/c1ccccc1OC(=O)C(F)(F)C(F)(F)C(F)(F)F. The summed E-state index contributed by atoms with van der Waals surface area (Å²) < 4.78 is 91.7. The van der Waals surface area contributed by atoms with Crippen molar-refractivity contribution < 1.29 is 50.2 Å². The number of carbonyl (C=O) groups is 2. The van der Waals surface area contributed by atoms with Crippen LogP contribution in [-0.2, 0) is 9.59 Å². The molecular weight excluding hydrogens is 353 g/mol. The fraction of sp³-hybridized carbons (Fsp3) is 0.231. The first-order valence-corrected chi connectivity index (χ1v) is 5.85. The van der Waals surface area contributed by atoms with Crippen LogP contribution in [0.4, 0.5) is 30.7 Å². The van der Waals surface area contributed by atoms with E-state index in [9.17, 15) is 40.3 Å². The maximum absolute atomic E-state index is 13.2. The molecule has 0 fully saturated rings. The third kappa shape index (κ3) is 3.84. The van der Waals surface area contributed by atoms with Crippen LogP contribution in [0.3, 0.4) is 0 Å². The molecule has 0 radical (unpaired) electrons. The molecule has 1 rings (SSSR count). The number of carbonyl (C=O) groups excluding carboxylic acids is 1. The van der Waals surface area contributed by atoms with Crippen molar-refractivity contribution in [3.8, 4) is 5.75 Å². The van der Waals surface area contributed by atoms with E-state index in [4.69, 9.17) is 5.11 Å². The van der Waals surface area contributed by atoms with Gasteiger partial charge in [-0.2, -0.15) is 30.7 Å². The number of hydrogen-bond donors (Lipinski definition) is 1. The predicted molar refractivity (Wildman–Crippen MR) is 64.7 cm³/mol. The summed E-state index contributed by atoms with van der Waals surface area (Å²) in [5.41, 5.74) is -0.306. The third-order valence-electron chi connectivity index (χ3n) is 2.53. The van der Waals surface area contributed by atoms with E-state index in [2.05, 4.69) is 4.74 Å². The largest absolute Gasteiger partial charge is 0.478 e. The van der Waals surface area contributed by atoms with Crippen LogP contribution in [0.25, 0.3) is 6.08 Å². The average Bonchev–Trinajstić information content (AvgIpc) is 2.44. The number of rotatable bonds is 5. The summed E-state index contributed by atoms with van der Waals surface area (Å²) in [6, 6.07) is 4.21. The highest BCUT2D eigenvalue weighted by Crippen LogP contribution is 2.47. The van der Waals surface area contributed by atoms with Crippen LogP contribution < -0.4 is 4.74 Å². The van der Waals surface area contributed by atoms with E-state index in [1.165, 1.54) is 6.07 Å². The Hall–Kier alpha value is -2.59. The Morgan fingerprint density at radius 1 is 1.00 bits per heavy atom.